The van der Waals surface area contributed by atoms with E-state index >= 15 is 0 Å². The lowest BCUT2D eigenvalue weighted by Crippen LogP contribution is -2.49. The molecule has 1 aliphatic rings. The van der Waals surface area contributed by atoms with Crippen LogP contribution in [-0.4, -0.2) is 52.8 Å². The van der Waals surface area contributed by atoms with Crippen LogP contribution in [0, 0.1) is 13.7 Å². The number of nitrogens with zero attached hydrogens (tertiary/aromatic N) is 4. The standard InChI is InChI=1S/C17H16IN5O4/c18-14-10-11(23(26)27)3-4-12(14)17(25)22-8-6-21(7-9-22)16-13(15(19)24)2-1-5-20-16/h1-5,10H,6-9H2,(H2,19,24). The molecule has 1 fully saturated rings. The van der Waals surface area contributed by atoms with Gasteiger partial charge in [0.05, 0.1) is 16.1 Å². The van der Waals surface area contributed by atoms with Crippen molar-refractivity contribution in [1.29, 1.82) is 0 Å². The zero-order chi connectivity index (χ0) is 19.6. The number of hydrogen-bond donors (Lipinski definition) is 1. The van der Waals surface area contributed by atoms with E-state index in [1.807, 2.05) is 27.5 Å². The molecule has 140 valence electrons. The molecule has 2 aromatic rings. The number of pyridine rings is 1. The molecule has 27 heavy (non-hydrogen) atoms. The van der Waals surface area contributed by atoms with Crippen LogP contribution in [0.5, 0.6) is 0 Å². The SMILES string of the molecule is NC(=O)c1cccnc1N1CCN(C(=O)c2ccc([N+](=O)[O-])cc2I)CC1. The Morgan fingerprint density at radius 1 is 1.15 bits per heavy atom. The molecule has 1 aliphatic heterocycles. The number of rotatable bonds is 4. The molecule has 0 saturated carbocycles. The van der Waals surface area contributed by atoms with Crippen LogP contribution in [0.1, 0.15) is 20.7 Å². The van der Waals surface area contributed by atoms with Crippen molar-refractivity contribution in [3.8, 4) is 0 Å². The molecule has 9 nitrogen and oxygen atoms in total. The molecule has 2 heterocycles. The number of carbonyl (C=O) groups excluding carboxylic acids is 2. The van der Waals surface area contributed by atoms with Gasteiger partial charge in [-0.05, 0) is 40.8 Å². The number of halogens is 1. The number of carbonyl (C=O) groups is 2. The molecular formula is C17H16IN5O4. The van der Waals surface area contributed by atoms with E-state index in [0.29, 0.717) is 46.7 Å². The summed E-state index contributed by atoms with van der Waals surface area (Å²) in [4.78, 5) is 42.6. The number of benzene rings is 1. The second-order valence-corrected chi connectivity index (χ2v) is 7.10. The maximum atomic E-state index is 12.8. The molecular weight excluding hydrogens is 465 g/mol. The molecule has 1 aromatic carbocycles. The zero-order valence-electron chi connectivity index (χ0n) is 14.2. The number of nitrogens with two attached hydrogens (primary N) is 1. The highest BCUT2D eigenvalue weighted by molar-refractivity contribution is 14.1. The third-order valence-corrected chi connectivity index (χ3v) is 5.20. The van der Waals surface area contributed by atoms with E-state index in [0.717, 1.165) is 0 Å². The average molecular weight is 481 g/mol. The first kappa shape index (κ1) is 19.0. The van der Waals surface area contributed by atoms with E-state index in [1.54, 1.807) is 23.2 Å². The third kappa shape index (κ3) is 3.99. The predicted octanol–water partition coefficient (Wildman–Crippen LogP) is 1.66. The van der Waals surface area contributed by atoms with Crippen LogP contribution in [0.15, 0.2) is 36.5 Å². The lowest BCUT2D eigenvalue weighted by Gasteiger charge is -2.36. The van der Waals surface area contributed by atoms with Crippen LogP contribution >= 0.6 is 22.6 Å². The molecule has 0 unspecified atom stereocenters. The highest BCUT2D eigenvalue weighted by atomic mass is 127. The van der Waals surface area contributed by atoms with Crippen molar-refractivity contribution in [2.75, 3.05) is 31.1 Å². The van der Waals surface area contributed by atoms with Gasteiger partial charge >= 0.3 is 0 Å². The van der Waals surface area contributed by atoms with Crippen LogP contribution in [-0.2, 0) is 0 Å². The Kier molecular flexibility index (Phi) is 5.54. The molecule has 0 bridgehead atoms. The van der Waals surface area contributed by atoms with E-state index in [2.05, 4.69) is 4.98 Å². The zero-order valence-corrected chi connectivity index (χ0v) is 16.3. The summed E-state index contributed by atoms with van der Waals surface area (Å²) in [5.74, 6) is -0.204. The summed E-state index contributed by atoms with van der Waals surface area (Å²) < 4.78 is 0.537. The minimum atomic E-state index is -0.544. The Morgan fingerprint density at radius 3 is 2.44 bits per heavy atom. The number of nitro groups is 1. The summed E-state index contributed by atoms with van der Waals surface area (Å²) in [5, 5.41) is 10.8. The van der Waals surface area contributed by atoms with Crippen molar-refractivity contribution in [3.05, 3.63) is 61.3 Å². The Labute approximate surface area is 168 Å². The van der Waals surface area contributed by atoms with E-state index in [1.165, 1.54) is 18.2 Å². The summed E-state index contributed by atoms with van der Waals surface area (Å²) >= 11 is 1.93. The molecule has 0 atom stereocenters. The highest BCUT2D eigenvalue weighted by Gasteiger charge is 2.26. The number of non-ortho nitro benzene ring substituents is 1. The summed E-state index contributed by atoms with van der Waals surface area (Å²) in [6, 6.07) is 7.48. The number of hydrogen-bond acceptors (Lipinski definition) is 6. The lowest BCUT2D eigenvalue weighted by molar-refractivity contribution is -0.384. The molecule has 3 rings (SSSR count). The van der Waals surface area contributed by atoms with E-state index < -0.39 is 10.8 Å². The topological polar surface area (TPSA) is 123 Å². The van der Waals surface area contributed by atoms with Crippen molar-refractivity contribution >= 4 is 45.9 Å². The highest BCUT2D eigenvalue weighted by Crippen LogP contribution is 2.23. The number of anilines is 1. The molecule has 0 aliphatic carbocycles. The van der Waals surface area contributed by atoms with Gasteiger partial charge in [-0.1, -0.05) is 0 Å². The van der Waals surface area contributed by atoms with Gasteiger partial charge in [0.25, 0.3) is 17.5 Å². The molecule has 10 heteroatoms. The van der Waals surface area contributed by atoms with Crippen molar-refractivity contribution in [3.63, 3.8) is 0 Å². The molecule has 0 spiro atoms. The fourth-order valence-electron chi connectivity index (χ4n) is 2.92. The van der Waals surface area contributed by atoms with Gasteiger partial charge < -0.3 is 15.5 Å². The van der Waals surface area contributed by atoms with E-state index in [9.17, 15) is 19.7 Å². The summed E-state index contributed by atoms with van der Waals surface area (Å²) in [7, 11) is 0. The minimum Gasteiger partial charge on any atom is -0.365 e. The normalized spacial score (nSPS) is 14.1. The summed E-state index contributed by atoms with van der Waals surface area (Å²) in [6.07, 6.45) is 1.60. The van der Waals surface area contributed by atoms with Gasteiger partial charge in [0.15, 0.2) is 0 Å². The first-order valence-electron chi connectivity index (χ1n) is 8.11. The molecule has 2 N–H and O–H groups in total. The predicted molar refractivity (Wildman–Crippen MR) is 107 cm³/mol. The largest absolute Gasteiger partial charge is 0.365 e. The van der Waals surface area contributed by atoms with Crippen LogP contribution in [0.2, 0.25) is 0 Å². The Bertz CT molecular complexity index is 912. The number of amides is 2. The molecule has 1 aromatic heterocycles. The van der Waals surface area contributed by atoms with Gasteiger partial charge in [0.2, 0.25) is 0 Å². The quantitative estimate of drug-likeness (QED) is 0.403. The number of primary amides is 1. The summed E-state index contributed by atoms with van der Waals surface area (Å²) in [5.41, 5.74) is 6.14. The molecule has 2 amide bonds. The fraction of sp³-hybridized carbons (Fsp3) is 0.235. The molecule has 1 saturated heterocycles. The Hall–Kier alpha value is -2.76. The van der Waals surface area contributed by atoms with Gasteiger partial charge in [-0.2, -0.15) is 0 Å². The monoisotopic (exact) mass is 481 g/mol. The second kappa shape index (κ2) is 7.86. The maximum absolute atomic E-state index is 12.8. The van der Waals surface area contributed by atoms with Gasteiger partial charge in [-0.25, -0.2) is 4.98 Å². The van der Waals surface area contributed by atoms with Gasteiger partial charge in [0, 0.05) is 48.1 Å². The fourth-order valence-corrected chi connectivity index (χ4v) is 3.65. The third-order valence-electron chi connectivity index (χ3n) is 4.31. The minimum absolute atomic E-state index is 0.0464. The van der Waals surface area contributed by atoms with Crippen LogP contribution in [0.3, 0.4) is 0 Å². The molecule has 0 radical (unpaired) electrons. The van der Waals surface area contributed by atoms with Gasteiger partial charge in [-0.15, -0.1) is 0 Å². The first-order chi connectivity index (χ1) is 12.9. The van der Waals surface area contributed by atoms with Crippen molar-refractivity contribution in [2.24, 2.45) is 5.73 Å². The van der Waals surface area contributed by atoms with Gasteiger partial charge in [-0.3, -0.25) is 19.7 Å². The number of piperazine rings is 1. The number of aromatic nitrogens is 1. The maximum Gasteiger partial charge on any atom is 0.270 e. The van der Waals surface area contributed by atoms with E-state index in [4.69, 9.17) is 5.73 Å². The van der Waals surface area contributed by atoms with Crippen molar-refractivity contribution in [1.82, 2.24) is 9.88 Å². The Balaban J connectivity index is 1.72. The number of nitro benzene ring substituents is 1. The first-order valence-corrected chi connectivity index (χ1v) is 9.19. The van der Waals surface area contributed by atoms with Crippen molar-refractivity contribution < 1.29 is 14.5 Å². The lowest BCUT2D eigenvalue weighted by atomic mass is 10.1. The summed E-state index contributed by atoms with van der Waals surface area (Å²) in [6.45, 7) is 1.90. The van der Waals surface area contributed by atoms with Gasteiger partial charge in [0.1, 0.15) is 5.82 Å². The van der Waals surface area contributed by atoms with E-state index in [-0.39, 0.29) is 11.6 Å². The smallest absolute Gasteiger partial charge is 0.270 e. The van der Waals surface area contributed by atoms with Crippen molar-refractivity contribution in [2.45, 2.75) is 0 Å². The van der Waals surface area contributed by atoms with Crippen LogP contribution in [0.4, 0.5) is 11.5 Å². The van der Waals surface area contributed by atoms with Crippen LogP contribution in [0.25, 0.3) is 0 Å². The average Bonchev–Trinajstić information content (AvgIpc) is 2.67. The second-order valence-electron chi connectivity index (χ2n) is 5.94. The Morgan fingerprint density at radius 2 is 1.85 bits per heavy atom. The van der Waals surface area contributed by atoms with Crippen LogP contribution < -0.4 is 10.6 Å².